The summed E-state index contributed by atoms with van der Waals surface area (Å²) >= 11 is 0. The third kappa shape index (κ3) is 5.31. The smallest absolute Gasteiger partial charge is 0.307 e. The summed E-state index contributed by atoms with van der Waals surface area (Å²) in [6.07, 6.45) is -0.480. The van der Waals surface area contributed by atoms with Crippen molar-refractivity contribution < 1.29 is 27.4 Å². The fourth-order valence-electron chi connectivity index (χ4n) is 1.59. The molecule has 0 aliphatic heterocycles. The number of ether oxygens (including phenoxy) is 1. The molecule has 0 heterocycles. The molecule has 0 radical (unpaired) electrons. The number of halogens is 1. The number of alkyl halides is 1. The molecule has 118 valence electrons. The van der Waals surface area contributed by atoms with Crippen molar-refractivity contribution >= 4 is 16.0 Å². The largest absolute Gasteiger partial charge is 0.497 e. The molecule has 2 N–H and O–H groups in total. The first-order chi connectivity index (χ1) is 9.55. The summed E-state index contributed by atoms with van der Waals surface area (Å²) in [5.74, 6) is -0.832. The van der Waals surface area contributed by atoms with Crippen LogP contribution in [0.15, 0.2) is 23.1 Å². The van der Waals surface area contributed by atoms with E-state index < -0.39 is 34.6 Å². The second-order valence-electron chi connectivity index (χ2n) is 5.09. The molecule has 0 fully saturated rings. The Morgan fingerprint density at radius 3 is 2.52 bits per heavy atom. The first-order valence-corrected chi connectivity index (χ1v) is 7.61. The van der Waals surface area contributed by atoms with Crippen LogP contribution < -0.4 is 9.46 Å². The van der Waals surface area contributed by atoms with Crippen LogP contribution in [0, 0.1) is 0 Å². The molecule has 8 heteroatoms. The lowest BCUT2D eigenvalue weighted by molar-refractivity contribution is -0.136. The van der Waals surface area contributed by atoms with E-state index in [9.17, 15) is 17.6 Å². The van der Waals surface area contributed by atoms with Crippen LogP contribution in [0.2, 0.25) is 0 Å². The van der Waals surface area contributed by atoms with E-state index in [0.29, 0.717) is 5.75 Å². The third-order valence-electron chi connectivity index (χ3n) is 2.58. The number of carboxylic acids is 1. The summed E-state index contributed by atoms with van der Waals surface area (Å²) in [4.78, 5) is 10.6. The number of hydrogen-bond acceptors (Lipinski definition) is 4. The van der Waals surface area contributed by atoms with Gasteiger partial charge >= 0.3 is 5.97 Å². The molecular formula is C13H18FNO5S. The molecule has 1 rings (SSSR count). The number of sulfonamides is 1. The number of rotatable bonds is 7. The molecule has 0 aromatic heterocycles. The number of benzene rings is 1. The Morgan fingerprint density at radius 1 is 1.43 bits per heavy atom. The van der Waals surface area contributed by atoms with Crippen molar-refractivity contribution in [3.63, 3.8) is 0 Å². The van der Waals surface area contributed by atoms with E-state index in [0.717, 1.165) is 0 Å². The van der Waals surface area contributed by atoms with E-state index in [1.807, 2.05) is 0 Å². The maximum absolute atomic E-state index is 13.4. The predicted octanol–water partition coefficient (Wildman–Crippen LogP) is 1.35. The van der Waals surface area contributed by atoms with Crippen LogP contribution in [0.3, 0.4) is 0 Å². The number of hydrogen-bond donors (Lipinski definition) is 2. The van der Waals surface area contributed by atoms with Gasteiger partial charge in [0.2, 0.25) is 10.0 Å². The van der Waals surface area contributed by atoms with Crippen molar-refractivity contribution in [1.82, 2.24) is 4.72 Å². The molecule has 1 aromatic carbocycles. The summed E-state index contributed by atoms with van der Waals surface area (Å²) in [6.45, 7) is 2.07. The molecule has 0 bridgehead atoms. The van der Waals surface area contributed by atoms with Gasteiger partial charge in [-0.1, -0.05) is 0 Å². The molecule has 0 saturated heterocycles. The maximum atomic E-state index is 13.4. The van der Waals surface area contributed by atoms with Gasteiger partial charge in [-0.2, -0.15) is 0 Å². The second kappa shape index (κ2) is 6.40. The summed E-state index contributed by atoms with van der Waals surface area (Å²) in [5, 5.41) is 8.86. The zero-order valence-corrected chi connectivity index (χ0v) is 12.8. The van der Waals surface area contributed by atoms with Crippen LogP contribution in [-0.2, 0) is 21.2 Å². The number of aliphatic carboxylic acids is 1. The van der Waals surface area contributed by atoms with Gasteiger partial charge < -0.3 is 9.84 Å². The van der Waals surface area contributed by atoms with E-state index in [-0.39, 0.29) is 10.5 Å². The van der Waals surface area contributed by atoms with Crippen molar-refractivity contribution in [2.24, 2.45) is 0 Å². The first kappa shape index (κ1) is 17.4. The Labute approximate surface area is 123 Å². The SMILES string of the molecule is COc1ccc(S(=O)(=O)NCC(C)(C)F)c(CC(=O)O)c1. The molecule has 6 nitrogen and oxygen atoms in total. The highest BCUT2D eigenvalue weighted by molar-refractivity contribution is 7.89. The van der Waals surface area contributed by atoms with Crippen LogP contribution in [0.25, 0.3) is 0 Å². The maximum Gasteiger partial charge on any atom is 0.307 e. The first-order valence-electron chi connectivity index (χ1n) is 6.12. The van der Waals surface area contributed by atoms with Crippen molar-refractivity contribution in [3.05, 3.63) is 23.8 Å². The van der Waals surface area contributed by atoms with E-state index in [2.05, 4.69) is 4.72 Å². The summed E-state index contributed by atoms with van der Waals surface area (Å²) in [7, 11) is -2.62. The van der Waals surface area contributed by atoms with Gasteiger partial charge in [0, 0.05) is 6.54 Å². The molecule has 21 heavy (non-hydrogen) atoms. The van der Waals surface area contributed by atoms with Gasteiger partial charge in [0.15, 0.2) is 0 Å². The van der Waals surface area contributed by atoms with Crippen molar-refractivity contribution in [2.45, 2.75) is 30.8 Å². The van der Waals surface area contributed by atoms with Crippen LogP contribution in [0.5, 0.6) is 5.75 Å². The normalized spacial score (nSPS) is 12.2. The monoisotopic (exact) mass is 319 g/mol. The predicted molar refractivity (Wildman–Crippen MR) is 74.7 cm³/mol. The minimum atomic E-state index is -4.00. The number of nitrogens with one attached hydrogen (secondary N) is 1. The van der Waals surface area contributed by atoms with Gasteiger partial charge in [-0.3, -0.25) is 4.79 Å². The van der Waals surface area contributed by atoms with Crippen LogP contribution in [0.1, 0.15) is 19.4 Å². The molecule has 0 saturated carbocycles. The second-order valence-corrected chi connectivity index (χ2v) is 6.82. The number of carboxylic acid groups (broad SMARTS) is 1. The zero-order chi connectivity index (χ0) is 16.3. The molecule has 0 amide bonds. The summed E-state index contributed by atoms with van der Waals surface area (Å²) in [5.41, 5.74) is -1.64. The highest BCUT2D eigenvalue weighted by atomic mass is 32.2. The van der Waals surface area contributed by atoms with Crippen molar-refractivity contribution in [2.75, 3.05) is 13.7 Å². The van der Waals surface area contributed by atoms with Gasteiger partial charge in [0.25, 0.3) is 0 Å². The minimum Gasteiger partial charge on any atom is -0.497 e. The molecule has 0 unspecified atom stereocenters. The van der Waals surface area contributed by atoms with E-state index in [1.54, 1.807) is 0 Å². The summed E-state index contributed by atoms with van der Waals surface area (Å²) in [6, 6.07) is 3.98. The standard InChI is InChI=1S/C13H18FNO5S/c1-13(2,14)8-15-21(18,19)11-5-4-10(20-3)6-9(11)7-12(16)17/h4-6,15H,7-8H2,1-3H3,(H,16,17). The third-order valence-corrected chi connectivity index (χ3v) is 4.08. The van der Waals surface area contributed by atoms with Gasteiger partial charge in [0.05, 0.1) is 18.4 Å². The quantitative estimate of drug-likeness (QED) is 0.791. The summed E-state index contributed by atoms with van der Waals surface area (Å²) < 4.78 is 44.8. The van der Waals surface area contributed by atoms with Gasteiger partial charge in [-0.05, 0) is 37.6 Å². The Balaban J connectivity index is 3.18. The van der Waals surface area contributed by atoms with Crippen LogP contribution in [-0.4, -0.2) is 38.8 Å². The molecular weight excluding hydrogens is 301 g/mol. The van der Waals surface area contributed by atoms with Gasteiger partial charge in [0.1, 0.15) is 11.4 Å². The highest BCUT2D eigenvalue weighted by Gasteiger charge is 2.24. The Bertz CT molecular complexity index is 622. The lowest BCUT2D eigenvalue weighted by atomic mass is 10.1. The highest BCUT2D eigenvalue weighted by Crippen LogP contribution is 2.23. The van der Waals surface area contributed by atoms with Crippen molar-refractivity contribution in [3.8, 4) is 5.75 Å². The minimum absolute atomic E-state index is 0.0750. The topological polar surface area (TPSA) is 92.7 Å². The van der Waals surface area contributed by atoms with E-state index >= 15 is 0 Å². The Hall–Kier alpha value is -1.67. The average molecular weight is 319 g/mol. The zero-order valence-electron chi connectivity index (χ0n) is 12.0. The molecule has 0 spiro atoms. The average Bonchev–Trinajstić information content (AvgIpc) is 2.34. The van der Waals surface area contributed by atoms with Crippen LogP contribution in [0.4, 0.5) is 4.39 Å². The van der Waals surface area contributed by atoms with E-state index in [1.165, 1.54) is 39.2 Å². The number of carbonyl (C=O) groups is 1. The van der Waals surface area contributed by atoms with Crippen LogP contribution >= 0.6 is 0 Å². The molecule has 1 aromatic rings. The van der Waals surface area contributed by atoms with Gasteiger partial charge in [-0.25, -0.2) is 17.5 Å². The molecule has 0 atom stereocenters. The lowest BCUT2D eigenvalue weighted by Crippen LogP contribution is -2.35. The number of methoxy groups -OCH3 is 1. The fraction of sp³-hybridized carbons (Fsp3) is 0.462. The van der Waals surface area contributed by atoms with E-state index in [4.69, 9.17) is 9.84 Å². The van der Waals surface area contributed by atoms with Gasteiger partial charge in [-0.15, -0.1) is 0 Å². The Kier molecular flexibility index (Phi) is 5.30. The molecule has 0 aliphatic carbocycles. The molecule has 0 aliphatic rings. The fourth-order valence-corrected chi connectivity index (χ4v) is 3.00. The van der Waals surface area contributed by atoms with Crippen molar-refractivity contribution in [1.29, 1.82) is 0 Å². The Morgan fingerprint density at radius 2 is 2.05 bits per heavy atom. The lowest BCUT2D eigenvalue weighted by Gasteiger charge is -2.16.